The molecule has 0 spiro atoms. The molecule has 1 aromatic carbocycles. The fourth-order valence-corrected chi connectivity index (χ4v) is 2.28. The van der Waals surface area contributed by atoms with Crippen molar-refractivity contribution in [2.45, 2.75) is 25.2 Å². The molecule has 1 aliphatic heterocycles. The summed E-state index contributed by atoms with van der Waals surface area (Å²) in [4.78, 5) is 0. The van der Waals surface area contributed by atoms with Gasteiger partial charge in [-0.2, -0.15) is 0 Å². The van der Waals surface area contributed by atoms with E-state index in [-0.39, 0.29) is 5.41 Å². The van der Waals surface area contributed by atoms with Gasteiger partial charge in [-0.1, -0.05) is 12.1 Å². The molecule has 1 fully saturated rings. The van der Waals surface area contributed by atoms with E-state index in [2.05, 4.69) is 12.1 Å². The van der Waals surface area contributed by atoms with Gasteiger partial charge >= 0.3 is 0 Å². The van der Waals surface area contributed by atoms with Crippen LogP contribution < -0.4 is 15.2 Å². The summed E-state index contributed by atoms with van der Waals surface area (Å²) in [7, 11) is 0. The van der Waals surface area contributed by atoms with Crippen LogP contribution in [0.1, 0.15) is 24.0 Å². The minimum absolute atomic E-state index is 0.172. The van der Waals surface area contributed by atoms with Crippen LogP contribution in [0, 0.1) is 6.92 Å². The molecule has 1 aliphatic carbocycles. The zero-order chi connectivity index (χ0) is 10.5. The smallest absolute Gasteiger partial charge is 0.231 e. The monoisotopic (exact) mass is 205 g/mol. The highest BCUT2D eigenvalue weighted by Gasteiger charge is 2.46. The Morgan fingerprint density at radius 2 is 2.00 bits per heavy atom. The Kier molecular flexibility index (Phi) is 1.74. The summed E-state index contributed by atoms with van der Waals surface area (Å²) in [5, 5.41) is 0. The molecule has 15 heavy (non-hydrogen) atoms. The van der Waals surface area contributed by atoms with Crippen molar-refractivity contribution in [3.05, 3.63) is 23.3 Å². The van der Waals surface area contributed by atoms with Gasteiger partial charge in [0.25, 0.3) is 0 Å². The topological polar surface area (TPSA) is 44.5 Å². The molecule has 0 unspecified atom stereocenters. The van der Waals surface area contributed by atoms with Gasteiger partial charge in [0.15, 0.2) is 11.5 Å². The predicted molar refractivity (Wildman–Crippen MR) is 57.3 cm³/mol. The first-order valence-electron chi connectivity index (χ1n) is 5.37. The Labute approximate surface area is 89.2 Å². The lowest BCUT2D eigenvalue weighted by Crippen LogP contribution is -2.20. The normalized spacial score (nSPS) is 20.4. The van der Waals surface area contributed by atoms with Crippen molar-refractivity contribution in [3.8, 4) is 11.5 Å². The molecular weight excluding hydrogens is 190 g/mol. The molecule has 1 saturated carbocycles. The van der Waals surface area contributed by atoms with Gasteiger partial charge in [0.2, 0.25) is 6.79 Å². The van der Waals surface area contributed by atoms with Crippen molar-refractivity contribution in [2.24, 2.45) is 5.73 Å². The van der Waals surface area contributed by atoms with E-state index in [0.717, 1.165) is 17.1 Å². The standard InChI is InChI=1S/C12H15NO2/c1-8-2-3-9(12(6-13)4-5-12)11-10(8)14-7-15-11/h2-3H,4-7,13H2,1H3. The molecule has 3 rings (SSSR count). The fourth-order valence-electron chi connectivity index (χ4n) is 2.28. The van der Waals surface area contributed by atoms with E-state index >= 15 is 0 Å². The summed E-state index contributed by atoms with van der Waals surface area (Å²) in [6.07, 6.45) is 2.34. The summed E-state index contributed by atoms with van der Waals surface area (Å²) < 4.78 is 11.0. The van der Waals surface area contributed by atoms with E-state index in [9.17, 15) is 0 Å². The van der Waals surface area contributed by atoms with Gasteiger partial charge in [0.1, 0.15) is 0 Å². The number of hydrogen-bond acceptors (Lipinski definition) is 3. The fraction of sp³-hybridized carbons (Fsp3) is 0.500. The van der Waals surface area contributed by atoms with Crippen LogP contribution >= 0.6 is 0 Å². The van der Waals surface area contributed by atoms with Crippen LogP contribution in [0.15, 0.2) is 12.1 Å². The van der Waals surface area contributed by atoms with Gasteiger partial charge in [-0.15, -0.1) is 0 Å². The summed E-state index contributed by atoms with van der Waals surface area (Å²) in [6, 6.07) is 4.24. The van der Waals surface area contributed by atoms with Crippen LogP contribution in [0.25, 0.3) is 0 Å². The molecule has 1 aromatic rings. The SMILES string of the molecule is Cc1ccc(C2(CN)CC2)c2c1OCO2. The summed E-state index contributed by atoms with van der Waals surface area (Å²) in [6.45, 7) is 3.08. The number of nitrogens with two attached hydrogens (primary N) is 1. The molecule has 2 aliphatic rings. The van der Waals surface area contributed by atoms with Crippen LogP contribution in [-0.4, -0.2) is 13.3 Å². The third-order valence-electron chi connectivity index (χ3n) is 3.53. The zero-order valence-electron chi connectivity index (χ0n) is 8.88. The van der Waals surface area contributed by atoms with Crippen molar-refractivity contribution in [2.75, 3.05) is 13.3 Å². The Hall–Kier alpha value is -1.22. The Balaban J connectivity index is 2.14. The number of hydrogen-bond donors (Lipinski definition) is 1. The Morgan fingerprint density at radius 3 is 2.67 bits per heavy atom. The molecule has 80 valence electrons. The number of rotatable bonds is 2. The van der Waals surface area contributed by atoms with Crippen molar-refractivity contribution < 1.29 is 9.47 Å². The van der Waals surface area contributed by atoms with Crippen LogP contribution in [0.2, 0.25) is 0 Å². The van der Waals surface area contributed by atoms with E-state index in [0.29, 0.717) is 13.3 Å². The maximum atomic E-state index is 5.84. The van der Waals surface area contributed by atoms with Crippen molar-refractivity contribution in [1.82, 2.24) is 0 Å². The van der Waals surface area contributed by atoms with Crippen LogP contribution in [-0.2, 0) is 5.41 Å². The lowest BCUT2D eigenvalue weighted by Gasteiger charge is -2.15. The molecular formula is C12H15NO2. The van der Waals surface area contributed by atoms with Crippen molar-refractivity contribution in [3.63, 3.8) is 0 Å². The average Bonchev–Trinajstić information content (AvgIpc) is 2.88. The van der Waals surface area contributed by atoms with E-state index in [1.54, 1.807) is 0 Å². The van der Waals surface area contributed by atoms with E-state index in [1.807, 2.05) is 6.92 Å². The molecule has 0 amide bonds. The minimum Gasteiger partial charge on any atom is -0.453 e. The first kappa shape index (κ1) is 9.04. The third kappa shape index (κ3) is 1.16. The number of ether oxygens (including phenoxy) is 2. The number of aryl methyl sites for hydroxylation is 1. The van der Waals surface area contributed by atoms with Gasteiger partial charge in [0, 0.05) is 17.5 Å². The number of fused-ring (bicyclic) bond motifs is 1. The lowest BCUT2D eigenvalue weighted by molar-refractivity contribution is 0.172. The average molecular weight is 205 g/mol. The van der Waals surface area contributed by atoms with Gasteiger partial charge in [0.05, 0.1) is 0 Å². The maximum absolute atomic E-state index is 5.84. The number of benzene rings is 1. The Morgan fingerprint density at radius 1 is 1.27 bits per heavy atom. The summed E-state index contributed by atoms with van der Waals surface area (Å²) in [5.74, 6) is 1.84. The van der Waals surface area contributed by atoms with Crippen LogP contribution in [0.3, 0.4) is 0 Å². The molecule has 0 bridgehead atoms. The lowest BCUT2D eigenvalue weighted by atomic mass is 9.93. The highest BCUT2D eigenvalue weighted by molar-refractivity contribution is 5.57. The highest BCUT2D eigenvalue weighted by atomic mass is 16.7. The molecule has 3 nitrogen and oxygen atoms in total. The molecule has 1 heterocycles. The molecule has 0 atom stereocenters. The largest absolute Gasteiger partial charge is 0.453 e. The third-order valence-corrected chi connectivity index (χ3v) is 3.53. The summed E-state index contributed by atoms with van der Waals surface area (Å²) in [5.41, 5.74) is 8.39. The second kappa shape index (κ2) is 2.89. The molecule has 2 N–H and O–H groups in total. The predicted octanol–water partition coefficient (Wildman–Crippen LogP) is 1.71. The zero-order valence-corrected chi connectivity index (χ0v) is 8.88. The van der Waals surface area contributed by atoms with E-state index < -0.39 is 0 Å². The Bertz CT molecular complexity index is 410. The quantitative estimate of drug-likeness (QED) is 0.799. The second-order valence-corrected chi connectivity index (χ2v) is 4.48. The van der Waals surface area contributed by atoms with Crippen molar-refractivity contribution in [1.29, 1.82) is 0 Å². The highest BCUT2D eigenvalue weighted by Crippen LogP contribution is 2.54. The van der Waals surface area contributed by atoms with Crippen molar-refractivity contribution >= 4 is 0 Å². The molecule has 3 heteroatoms. The summed E-state index contributed by atoms with van der Waals surface area (Å²) >= 11 is 0. The molecule has 0 radical (unpaired) electrons. The van der Waals surface area contributed by atoms with Crippen LogP contribution in [0.4, 0.5) is 0 Å². The van der Waals surface area contributed by atoms with Crippen LogP contribution in [0.5, 0.6) is 11.5 Å². The molecule has 0 saturated heterocycles. The first-order chi connectivity index (χ1) is 7.27. The van der Waals surface area contributed by atoms with Gasteiger partial charge < -0.3 is 15.2 Å². The second-order valence-electron chi connectivity index (χ2n) is 4.48. The van der Waals surface area contributed by atoms with E-state index in [1.165, 1.54) is 18.4 Å². The van der Waals surface area contributed by atoms with Gasteiger partial charge in [-0.05, 0) is 25.3 Å². The van der Waals surface area contributed by atoms with Gasteiger partial charge in [-0.3, -0.25) is 0 Å². The molecule has 0 aromatic heterocycles. The maximum Gasteiger partial charge on any atom is 0.231 e. The minimum atomic E-state index is 0.172. The van der Waals surface area contributed by atoms with E-state index in [4.69, 9.17) is 15.2 Å². The first-order valence-corrected chi connectivity index (χ1v) is 5.37. The van der Waals surface area contributed by atoms with Gasteiger partial charge in [-0.25, -0.2) is 0 Å².